The fourth-order valence-corrected chi connectivity index (χ4v) is 2.65. The Bertz CT molecular complexity index is 440. The number of nitrogens with zero attached hydrogens (tertiary/aromatic N) is 1. The molecule has 5 atom stereocenters. The van der Waals surface area contributed by atoms with Crippen LogP contribution in [0.15, 0.2) is 0 Å². The van der Waals surface area contributed by atoms with Crippen LogP contribution in [0.4, 0.5) is 0 Å². The lowest BCUT2D eigenvalue weighted by molar-refractivity contribution is -0.185. The number of cyclic esters (lactones) is 1. The molecular formula is C11H16N2O7. The third-order valence-corrected chi connectivity index (χ3v) is 3.48. The average molecular weight is 288 g/mol. The standard InChI is InChI=1S/C11H16N2O7/c1-4(15)12-7-5(16)2-13-8(7)9(6(17)3-14)20-11(19)10(13)18/h5-9,14,16-17H,2-3H2,1H3,(H,12,15)/t5-,6+,7+,8+,9+/m0/s1. The van der Waals surface area contributed by atoms with Crippen molar-refractivity contribution < 1.29 is 34.4 Å². The summed E-state index contributed by atoms with van der Waals surface area (Å²) in [5, 5.41) is 31.1. The molecule has 20 heavy (non-hydrogen) atoms. The monoisotopic (exact) mass is 288 g/mol. The van der Waals surface area contributed by atoms with Gasteiger partial charge in [-0.25, -0.2) is 4.79 Å². The van der Waals surface area contributed by atoms with Crippen LogP contribution in [0.1, 0.15) is 6.92 Å². The van der Waals surface area contributed by atoms with Gasteiger partial charge in [-0.05, 0) is 0 Å². The van der Waals surface area contributed by atoms with E-state index < -0.39 is 54.8 Å². The van der Waals surface area contributed by atoms with E-state index in [0.717, 1.165) is 4.90 Å². The van der Waals surface area contributed by atoms with Crippen LogP contribution in [0, 0.1) is 0 Å². The maximum atomic E-state index is 11.7. The fourth-order valence-electron chi connectivity index (χ4n) is 2.65. The molecule has 2 aliphatic heterocycles. The maximum absolute atomic E-state index is 11.7. The quantitative estimate of drug-likeness (QED) is 0.310. The number of amides is 2. The van der Waals surface area contributed by atoms with E-state index in [4.69, 9.17) is 9.84 Å². The van der Waals surface area contributed by atoms with Gasteiger partial charge in [-0.15, -0.1) is 0 Å². The van der Waals surface area contributed by atoms with E-state index in [9.17, 15) is 24.6 Å². The molecule has 2 rings (SSSR count). The van der Waals surface area contributed by atoms with Crippen LogP contribution in [0.5, 0.6) is 0 Å². The van der Waals surface area contributed by atoms with Crippen molar-refractivity contribution in [2.24, 2.45) is 0 Å². The largest absolute Gasteiger partial charge is 0.450 e. The molecule has 2 aliphatic rings. The molecule has 9 heteroatoms. The highest BCUT2D eigenvalue weighted by Gasteiger charge is 2.55. The van der Waals surface area contributed by atoms with Gasteiger partial charge in [0, 0.05) is 13.5 Å². The molecule has 2 amide bonds. The summed E-state index contributed by atoms with van der Waals surface area (Å²) in [4.78, 5) is 35.4. The molecule has 9 nitrogen and oxygen atoms in total. The first-order valence-corrected chi connectivity index (χ1v) is 6.12. The molecule has 0 aromatic rings. The van der Waals surface area contributed by atoms with E-state index in [0.29, 0.717) is 0 Å². The third-order valence-electron chi connectivity index (χ3n) is 3.48. The second kappa shape index (κ2) is 5.35. The van der Waals surface area contributed by atoms with E-state index in [-0.39, 0.29) is 6.54 Å². The van der Waals surface area contributed by atoms with Gasteiger partial charge in [-0.1, -0.05) is 0 Å². The Morgan fingerprint density at radius 1 is 1.55 bits per heavy atom. The maximum Gasteiger partial charge on any atom is 0.397 e. The molecule has 0 saturated carbocycles. The minimum atomic E-state index is -1.42. The van der Waals surface area contributed by atoms with Crippen LogP contribution in [-0.4, -0.2) is 81.6 Å². The average Bonchev–Trinajstić information content (AvgIpc) is 2.70. The normalized spacial score (nSPS) is 34.5. The van der Waals surface area contributed by atoms with Gasteiger partial charge in [-0.2, -0.15) is 0 Å². The molecule has 4 N–H and O–H groups in total. The summed E-state index contributed by atoms with van der Waals surface area (Å²) < 4.78 is 4.82. The minimum Gasteiger partial charge on any atom is -0.450 e. The predicted octanol–water partition coefficient (Wildman–Crippen LogP) is -3.66. The Kier molecular flexibility index (Phi) is 3.93. The van der Waals surface area contributed by atoms with Gasteiger partial charge in [0.1, 0.15) is 6.10 Å². The SMILES string of the molecule is CC(=O)N[C@H]1[C@@H]2[C@@H]([C@H](O)CO)OC(=O)C(=O)N2C[C@@H]1O. The highest BCUT2D eigenvalue weighted by atomic mass is 16.6. The predicted molar refractivity (Wildman–Crippen MR) is 62.1 cm³/mol. The molecule has 0 unspecified atom stereocenters. The minimum absolute atomic E-state index is 0.155. The number of esters is 1. The number of aliphatic hydroxyl groups is 3. The highest BCUT2D eigenvalue weighted by Crippen LogP contribution is 2.29. The summed E-state index contributed by atoms with van der Waals surface area (Å²) in [6.07, 6.45) is -3.71. The van der Waals surface area contributed by atoms with E-state index >= 15 is 0 Å². The van der Waals surface area contributed by atoms with Crippen molar-refractivity contribution in [2.75, 3.05) is 13.2 Å². The van der Waals surface area contributed by atoms with Crippen LogP contribution >= 0.6 is 0 Å². The van der Waals surface area contributed by atoms with Gasteiger partial charge in [-0.3, -0.25) is 9.59 Å². The zero-order valence-electron chi connectivity index (χ0n) is 10.7. The molecule has 2 heterocycles. The smallest absolute Gasteiger partial charge is 0.397 e. The van der Waals surface area contributed by atoms with Crippen molar-refractivity contribution in [3.8, 4) is 0 Å². The lowest BCUT2D eigenvalue weighted by Crippen LogP contribution is -2.63. The van der Waals surface area contributed by atoms with Crippen molar-refractivity contribution in [1.29, 1.82) is 0 Å². The summed E-state index contributed by atoms with van der Waals surface area (Å²) >= 11 is 0. The number of carbonyl (C=O) groups excluding carboxylic acids is 3. The topological polar surface area (TPSA) is 136 Å². The molecule has 0 aromatic carbocycles. The number of fused-ring (bicyclic) bond motifs is 1. The number of ether oxygens (including phenoxy) is 1. The lowest BCUT2D eigenvalue weighted by Gasteiger charge is -2.39. The highest BCUT2D eigenvalue weighted by molar-refractivity contribution is 6.33. The number of morpholine rings is 1. The van der Waals surface area contributed by atoms with Crippen molar-refractivity contribution in [3.63, 3.8) is 0 Å². The molecule has 0 aliphatic carbocycles. The summed E-state index contributed by atoms with van der Waals surface area (Å²) in [5.74, 6) is -2.53. The molecular weight excluding hydrogens is 272 g/mol. The van der Waals surface area contributed by atoms with Crippen LogP contribution in [-0.2, 0) is 19.1 Å². The Balaban J connectivity index is 2.32. The van der Waals surface area contributed by atoms with Crippen LogP contribution in [0.25, 0.3) is 0 Å². The third kappa shape index (κ3) is 2.35. The number of rotatable bonds is 3. The molecule has 0 aromatic heterocycles. The molecule has 0 spiro atoms. The van der Waals surface area contributed by atoms with E-state index in [1.54, 1.807) is 0 Å². The number of hydrogen-bond donors (Lipinski definition) is 4. The van der Waals surface area contributed by atoms with Crippen molar-refractivity contribution in [3.05, 3.63) is 0 Å². The molecule has 0 bridgehead atoms. The summed E-state index contributed by atoms with van der Waals surface area (Å²) in [6, 6.07) is -1.79. The first-order valence-electron chi connectivity index (χ1n) is 6.12. The Morgan fingerprint density at radius 2 is 2.20 bits per heavy atom. The Morgan fingerprint density at radius 3 is 2.75 bits per heavy atom. The number of nitrogens with one attached hydrogen (secondary N) is 1. The van der Waals surface area contributed by atoms with Crippen molar-refractivity contribution in [1.82, 2.24) is 10.2 Å². The van der Waals surface area contributed by atoms with Crippen LogP contribution < -0.4 is 5.32 Å². The van der Waals surface area contributed by atoms with Gasteiger partial charge < -0.3 is 30.3 Å². The van der Waals surface area contributed by atoms with Gasteiger partial charge in [0.2, 0.25) is 5.91 Å². The van der Waals surface area contributed by atoms with Crippen molar-refractivity contribution >= 4 is 17.8 Å². The van der Waals surface area contributed by atoms with Crippen molar-refractivity contribution in [2.45, 2.75) is 37.3 Å². The molecule has 2 fully saturated rings. The van der Waals surface area contributed by atoms with Gasteiger partial charge in [0.25, 0.3) is 0 Å². The van der Waals surface area contributed by atoms with Gasteiger partial charge in [0.15, 0.2) is 6.10 Å². The van der Waals surface area contributed by atoms with Crippen LogP contribution in [0.2, 0.25) is 0 Å². The van der Waals surface area contributed by atoms with E-state index in [1.807, 2.05) is 0 Å². The van der Waals surface area contributed by atoms with Crippen LogP contribution in [0.3, 0.4) is 0 Å². The lowest BCUT2D eigenvalue weighted by atomic mass is 9.96. The fraction of sp³-hybridized carbons (Fsp3) is 0.727. The zero-order valence-corrected chi connectivity index (χ0v) is 10.7. The molecule has 112 valence electrons. The molecule has 0 radical (unpaired) electrons. The summed E-state index contributed by atoms with van der Waals surface area (Å²) in [7, 11) is 0. The Labute approximate surface area is 114 Å². The Hall–Kier alpha value is -1.71. The first-order chi connectivity index (χ1) is 9.36. The summed E-state index contributed by atoms with van der Waals surface area (Å²) in [6.45, 7) is 0.404. The summed E-state index contributed by atoms with van der Waals surface area (Å²) in [5.41, 5.74) is 0. The van der Waals surface area contributed by atoms with Gasteiger partial charge in [0.05, 0.1) is 24.8 Å². The molecule has 2 saturated heterocycles. The van der Waals surface area contributed by atoms with E-state index in [1.165, 1.54) is 6.92 Å². The second-order valence-corrected chi connectivity index (χ2v) is 4.86. The zero-order chi connectivity index (χ0) is 15.0. The van der Waals surface area contributed by atoms with E-state index in [2.05, 4.69) is 5.32 Å². The number of aliphatic hydroxyl groups excluding tert-OH is 3. The first kappa shape index (κ1) is 14.7. The number of hydrogen-bond acceptors (Lipinski definition) is 7. The van der Waals surface area contributed by atoms with Gasteiger partial charge >= 0.3 is 11.9 Å². The second-order valence-electron chi connectivity index (χ2n) is 4.86. The number of carbonyl (C=O) groups is 3.